The minimum absolute atomic E-state index is 0.219. The van der Waals surface area contributed by atoms with Gasteiger partial charge in [0.2, 0.25) is 0 Å². The zero-order valence-electron chi connectivity index (χ0n) is 10.7. The van der Waals surface area contributed by atoms with Gasteiger partial charge in [-0.15, -0.1) is 0 Å². The molecule has 1 heterocycles. The Balaban J connectivity index is 2.94. The standard InChI is InChI=1S/C12H17BrN2O3/c1-8(2)5-15(7-11(16)17)12(18)10-4-9(13)6-14(10)3/h4,6,8H,5,7H2,1-3H3,(H,16,17). The van der Waals surface area contributed by atoms with E-state index in [-0.39, 0.29) is 18.4 Å². The molecule has 0 bridgehead atoms. The largest absolute Gasteiger partial charge is 0.480 e. The summed E-state index contributed by atoms with van der Waals surface area (Å²) in [6, 6.07) is 1.69. The van der Waals surface area contributed by atoms with E-state index >= 15 is 0 Å². The maximum absolute atomic E-state index is 12.3. The Morgan fingerprint density at radius 1 is 1.50 bits per heavy atom. The quantitative estimate of drug-likeness (QED) is 0.903. The molecule has 1 amide bonds. The molecule has 0 saturated heterocycles. The molecule has 1 N–H and O–H groups in total. The zero-order valence-corrected chi connectivity index (χ0v) is 12.3. The van der Waals surface area contributed by atoms with Crippen molar-refractivity contribution >= 4 is 27.8 Å². The average molecular weight is 317 g/mol. The van der Waals surface area contributed by atoms with E-state index in [1.165, 1.54) is 4.90 Å². The van der Waals surface area contributed by atoms with Crippen LogP contribution in [0.5, 0.6) is 0 Å². The number of hydrogen-bond acceptors (Lipinski definition) is 2. The maximum Gasteiger partial charge on any atom is 0.323 e. The summed E-state index contributed by atoms with van der Waals surface area (Å²) in [7, 11) is 1.76. The summed E-state index contributed by atoms with van der Waals surface area (Å²) in [4.78, 5) is 24.4. The Kier molecular flexibility index (Phi) is 4.95. The average Bonchev–Trinajstić information content (AvgIpc) is 2.54. The van der Waals surface area contributed by atoms with Crippen molar-refractivity contribution in [2.24, 2.45) is 13.0 Å². The SMILES string of the molecule is CC(C)CN(CC(=O)O)C(=O)c1cc(Br)cn1C. The number of nitrogens with zero attached hydrogens (tertiary/aromatic N) is 2. The van der Waals surface area contributed by atoms with E-state index in [0.717, 1.165) is 4.47 Å². The number of carbonyl (C=O) groups is 2. The predicted octanol–water partition coefficient (Wildman–Crippen LogP) is 1.97. The number of hydrogen-bond donors (Lipinski definition) is 1. The third kappa shape index (κ3) is 3.87. The highest BCUT2D eigenvalue weighted by Gasteiger charge is 2.21. The first-order valence-electron chi connectivity index (χ1n) is 5.64. The molecular formula is C12H17BrN2O3. The molecule has 1 aromatic rings. The third-order valence-corrected chi connectivity index (χ3v) is 2.82. The van der Waals surface area contributed by atoms with Crippen LogP contribution in [0.2, 0.25) is 0 Å². The maximum atomic E-state index is 12.3. The van der Waals surface area contributed by atoms with Crippen LogP contribution in [0.3, 0.4) is 0 Å². The number of carbonyl (C=O) groups excluding carboxylic acids is 1. The van der Waals surface area contributed by atoms with Crippen molar-refractivity contribution in [1.29, 1.82) is 0 Å². The number of amides is 1. The normalized spacial score (nSPS) is 10.7. The first kappa shape index (κ1) is 14.8. The van der Waals surface area contributed by atoms with Gasteiger partial charge >= 0.3 is 5.97 Å². The second-order valence-electron chi connectivity index (χ2n) is 4.63. The molecule has 1 aromatic heterocycles. The van der Waals surface area contributed by atoms with E-state index in [2.05, 4.69) is 15.9 Å². The molecule has 0 saturated carbocycles. The Morgan fingerprint density at radius 3 is 2.50 bits per heavy atom. The van der Waals surface area contributed by atoms with Crippen molar-refractivity contribution < 1.29 is 14.7 Å². The number of aliphatic carboxylic acids is 1. The van der Waals surface area contributed by atoms with E-state index in [1.54, 1.807) is 23.9 Å². The van der Waals surface area contributed by atoms with Gasteiger partial charge in [0.05, 0.1) is 0 Å². The Morgan fingerprint density at radius 2 is 2.11 bits per heavy atom. The molecule has 0 spiro atoms. The van der Waals surface area contributed by atoms with E-state index in [4.69, 9.17) is 5.11 Å². The third-order valence-electron chi connectivity index (χ3n) is 2.39. The summed E-state index contributed by atoms with van der Waals surface area (Å²) in [5.74, 6) is -1.05. The molecule has 0 fully saturated rings. The van der Waals surface area contributed by atoms with Crippen molar-refractivity contribution in [3.05, 3.63) is 22.4 Å². The van der Waals surface area contributed by atoms with Crippen molar-refractivity contribution in [2.75, 3.05) is 13.1 Å². The minimum Gasteiger partial charge on any atom is -0.480 e. The van der Waals surface area contributed by atoms with E-state index in [0.29, 0.717) is 12.2 Å². The molecule has 6 heteroatoms. The van der Waals surface area contributed by atoms with Crippen LogP contribution in [0, 0.1) is 5.92 Å². The summed E-state index contributed by atoms with van der Waals surface area (Å²) in [6.45, 7) is 4.04. The number of halogens is 1. The van der Waals surface area contributed by atoms with Crippen molar-refractivity contribution in [3.63, 3.8) is 0 Å². The van der Waals surface area contributed by atoms with Gasteiger partial charge in [0.25, 0.3) is 5.91 Å². The van der Waals surface area contributed by atoms with Gasteiger partial charge in [-0.1, -0.05) is 13.8 Å². The van der Waals surface area contributed by atoms with E-state index in [9.17, 15) is 9.59 Å². The fourth-order valence-electron chi connectivity index (χ4n) is 1.72. The fraction of sp³-hybridized carbons (Fsp3) is 0.500. The number of carboxylic acid groups (broad SMARTS) is 1. The molecule has 100 valence electrons. The second kappa shape index (κ2) is 6.04. The molecule has 5 nitrogen and oxygen atoms in total. The van der Waals surface area contributed by atoms with Crippen LogP contribution in [0.1, 0.15) is 24.3 Å². The number of carboxylic acids is 1. The molecule has 0 aliphatic carbocycles. The summed E-state index contributed by atoms with van der Waals surface area (Å²) in [6.07, 6.45) is 1.77. The molecule has 0 radical (unpaired) electrons. The lowest BCUT2D eigenvalue weighted by Gasteiger charge is -2.22. The molecule has 0 aliphatic rings. The van der Waals surface area contributed by atoms with Gasteiger partial charge in [0.15, 0.2) is 0 Å². The van der Waals surface area contributed by atoms with Crippen LogP contribution < -0.4 is 0 Å². The highest BCUT2D eigenvalue weighted by Crippen LogP contribution is 2.16. The summed E-state index contributed by atoms with van der Waals surface area (Å²) < 4.78 is 2.48. The van der Waals surface area contributed by atoms with Crippen molar-refractivity contribution in [2.45, 2.75) is 13.8 Å². The Hall–Kier alpha value is -1.30. The number of aryl methyl sites for hydroxylation is 1. The second-order valence-corrected chi connectivity index (χ2v) is 5.54. The van der Waals surface area contributed by atoms with Crippen LogP contribution in [0.25, 0.3) is 0 Å². The van der Waals surface area contributed by atoms with Gasteiger partial charge in [0.1, 0.15) is 12.2 Å². The number of rotatable bonds is 5. The first-order chi connectivity index (χ1) is 8.31. The van der Waals surface area contributed by atoms with Gasteiger partial charge in [-0.25, -0.2) is 0 Å². The molecule has 0 unspecified atom stereocenters. The van der Waals surface area contributed by atoms with Crippen LogP contribution >= 0.6 is 15.9 Å². The Labute approximate surface area is 115 Å². The summed E-state index contributed by atoms with van der Waals surface area (Å²) in [5.41, 5.74) is 0.476. The molecule has 18 heavy (non-hydrogen) atoms. The minimum atomic E-state index is -1.00. The van der Waals surface area contributed by atoms with Gasteiger partial charge in [-0.3, -0.25) is 9.59 Å². The smallest absolute Gasteiger partial charge is 0.323 e. The molecule has 1 rings (SSSR count). The highest BCUT2D eigenvalue weighted by molar-refractivity contribution is 9.10. The zero-order chi connectivity index (χ0) is 13.9. The van der Waals surface area contributed by atoms with Crippen molar-refractivity contribution in [1.82, 2.24) is 9.47 Å². The molecule has 0 atom stereocenters. The van der Waals surface area contributed by atoms with Crippen LogP contribution in [-0.4, -0.2) is 39.5 Å². The predicted molar refractivity (Wildman–Crippen MR) is 71.5 cm³/mol. The summed E-state index contributed by atoms with van der Waals surface area (Å²) >= 11 is 3.29. The Bertz CT molecular complexity index is 454. The van der Waals surface area contributed by atoms with E-state index in [1.807, 2.05) is 13.8 Å². The first-order valence-corrected chi connectivity index (χ1v) is 6.43. The van der Waals surface area contributed by atoms with Crippen molar-refractivity contribution in [3.8, 4) is 0 Å². The highest BCUT2D eigenvalue weighted by atomic mass is 79.9. The lowest BCUT2D eigenvalue weighted by molar-refractivity contribution is -0.137. The lowest BCUT2D eigenvalue weighted by atomic mass is 10.2. The van der Waals surface area contributed by atoms with E-state index < -0.39 is 5.97 Å². The lowest BCUT2D eigenvalue weighted by Crippen LogP contribution is -2.39. The topological polar surface area (TPSA) is 62.5 Å². The molecular weight excluding hydrogens is 300 g/mol. The summed E-state index contributed by atoms with van der Waals surface area (Å²) in [5, 5.41) is 8.86. The van der Waals surface area contributed by atoms with Gasteiger partial charge in [0, 0.05) is 24.3 Å². The van der Waals surface area contributed by atoms with Crippen LogP contribution in [-0.2, 0) is 11.8 Å². The van der Waals surface area contributed by atoms with Gasteiger partial charge < -0.3 is 14.6 Å². The molecule has 0 aromatic carbocycles. The van der Waals surface area contributed by atoms with Gasteiger partial charge in [-0.05, 0) is 27.9 Å². The van der Waals surface area contributed by atoms with Crippen LogP contribution in [0.4, 0.5) is 0 Å². The monoisotopic (exact) mass is 316 g/mol. The number of aromatic nitrogens is 1. The fourth-order valence-corrected chi connectivity index (χ4v) is 2.25. The van der Waals surface area contributed by atoms with Crippen LogP contribution in [0.15, 0.2) is 16.7 Å². The molecule has 0 aliphatic heterocycles. The van der Waals surface area contributed by atoms with Gasteiger partial charge in [-0.2, -0.15) is 0 Å².